The number of amides is 2. The monoisotopic (exact) mass is 601 g/mol. The number of anilines is 1. The third kappa shape index (κ3) is 6.77. The number of carbonyl (C=O) groups is 4. The Morgan fingerprint density at radius 1 is 1.07 bits per heavy atom. The zero-order valence-electron chi connectivity index (χ0n) is 24.6. The van der Waals surface area contributed by atoms with Crippen molar-refractivity contribution in [3.63, 3.8) is 0 Å². The first-order chi connectivity index (χ1) is 21.4. The zero-order chi connectivity index (χ0) is 30.6. The van der Waals surface area contributed by atoms with Crippen molar-refractivity contribution in [2.24, 2.45) is 5.92 Å². The minimum Gasteiger partial charge on any atom is -0.491 e. The Kier molecular flexibility index (Phi) is 8.63. The van der Waals surface area contributed by atoms with Crippen LogP contribution in [0.25, 0.3) is 0 Å². The van der Waals surface area contributed by atoms with Crippen LogP contribution in [0.3, 0.4) is 0 Å². The van der Waals surface area contributed by atoms with Gasteiger partial charge >= 0.3 is 17.8 Å². The van der Waals surface area contributed by atoms with Crippen LogP contribution in [0.4, 0.5) is 5.69 Å². The Morgan fingerprint density at radius 3 is 2.50 bits per heavy atom. The van der Waals surface area contributed by atoms with Gasteiger partial charge in [0, 0.05) is 12.2 Å². The van der Waals surface area contributed by atoms with E-state index in [1.54, 1.807) is 34.1 Å². The van der Waals surface area contributed by atoms with E-state index in [1.807, 2.05) is 19.1 Å². The smallest absolute Gasteiger partial charge is 0.338 e. The first-order valence-corrected chi connectivity index (χ1v) is 15.1. The molecule has 6 rings (SSSR count). The van der Waals surface area contributed by atoms with Gasteiger partial charge in [0.1, 0.15) is 31.3 Å². The molecule has 0 bridgehead atoms. The molecule has 11 nitrogen and oxygen atoms in total. The average Bonchev–Trinajstić information content (AvgIpc) is 3.55. The van der Waals surface area contributed by atoms with E-state index in [9.17, 15) is 19.2 Å². The van der Waals surface area contributed by atoms with Crippen molar-refractivity contribution in [2.75, 3.05) is 31.2 Å². The molecule has 1 unspecified atom stereocenters. The highest BCUT2D eigenvalue weighted by molar-refractivity contribution is 6.03. The summed E-state index contributed by atoms with van der Waals surface area (Å²) in [6.07, 6.45) is 6.22. The van der Waals surface area contributed by atoms with Gasteiger partial charge in [0.2, 0.25) is 5.91 Å². The molecule has 3 aromatic rings. The van der Waals surface area contributed by atoms with Crippen LogP contribution in [0.15, 0.2) is 65.4 Å². The summed E-state index contributed by atoms with van der Waals surface area (Å²) in [6, 6.07) is 14.3. The normalized spacial score (nSPS) is 20.5. The molecule has 11 heteroatoms. The summed E-state index contributed by atoms with van der Waals surface area (Å²) in [7, 11) is 0. The Morgan fingerprint density at radius 2 is 1.84 bits per heavy atom. The molecule has 2 aromatic carbocycles. The van der Waals surface area contributed by atoms with E-state index in [0.29, 0.717) is 43.2 Å². The van der Waals surface area contributed by atoms with Gasteiger partial charge < -0.3 is 23.5 Å². The quantitative estimate of drug-likeness (QED) is 0.311. The maximum absolute atomic E-state index is 13.3. The fourth-order valence-electron chi connectivity index (χ4n) is 5.69. The number of ether oxygens (including phenoxy) is 3. The number of nitrogens with zero attached hydrogens (tertiary/aromatic N) is 3. The minimum atomic E-state index is -0.485. The molecular weight excluding hydrogens is 566 g/mol. The third-order valence-corrected chi connectivity index (χ3v) is 8.25. The lowest BCUT2D eigenvalue weighted by atomic mass is 10.0. The lowest BCUT2D eigenvalue weighted by Gasteiger charge is -2.33. The predicted molar refractivity (Wildman–Crippen MR) is 157 cm³/mol. The first-order valence-electron chi connectivity index (χ1n) is 15.1. The van der Waals surface area contributed by atoms with Gasteiger partial charge in [-0.25, -0.2) is 9.78 Å². The van der Waals surface area contributed by atoms with Crippen molar-refractivity contribution in [3.05, 3.63) is 78.0 Å². The van der Waals surface area contributed by atoms with Crippen LogP contribution >= 0.6 is 0 Å². The second-order valence-corrected chi connectivity index (χ2v) is 11.6. The summed E-state index contributed by atoms with van der Waals surface area (Å²) in [4.78, 5) is 57.7. The van der Waals surface area contributed by atoms with E-state index in [0.717, 1.165) is 5.69 Å². The van der Waals surface area contributed by atoms with E-state index in [4.69, 9.17) is 18.6 Å². The van der Waals surface area contributed by atoms with Crippen LogP contribution in [0.5, 0.6) is 5.75 Å². The molecule has 1 saturated carbocycles. The molecule has 44 heavy (non-hydrogen) atoms. The SMILES string of the molecule is CC(COc1ccc(C(=O)O[C@H]2CCCN(C(=O)[C@H]3COC(=O)C3)C2)cc1)N(C(=O)c1ncco1)c1ccc(C2CC2)cc1. The summed E-state index contributed by atoms with van der Waals surface area (Å²) >= 11 is 0. The van der Waals surface area contributed by atoms with Gasteiger partial charge in [0.05, 0.1) is 36.7 Å². The largest absolute Gasteiger partial charge is 0.491 e. The molecule has 0 radical (unpaired) electrons. The van der Waals surface area contributed by atoms with Crippen molar-refractivity contribution in [1.29, 1.82) is 0 Å². The molecule has 0 N–H and O–H groups in total. The van der Waals surface area contributed by atoms with Crippen LogP contribution in [-0.4, -0.2) is 72.1 Å². The summed E-state index contributed by atoms with van der Waals surface area (Å²) < 4.78 is 22.0. The van der Waals surface area contributed by atoms with Gasteiger partial charge in [-0.2, -0.15) is 0 Å². The van der Waals surface area contributed by atoms with Gasteiger partial charge in [0.25, 0.3) is 5.89 Å². The number of aromatic nitrogens is 1. The number of hydrogen-bond donors (Lipinski definition) is 0. The standard InChI is InChI=1S/C33H35N3O8/c1-21(36(32(39)30-34-14-16-41-30)26-10-6-23(7-11-26)22-4-5-22)19-42-27-12-8-24(9-13-27)33(40)44-28-3-2-15-35(18-28)31(38)25-17-29(37)43-20-25/h6-14,16,21-22,25,28H,2-5,15,17-20H2,1H3/t21?,25-,28+/m1/s1. The number of benzene rings is 2. The Labute approximate surface area is 255 Å². The molecule has 3 fully saturated rings. The molecular formula is C33H35N3O8. The average molecular weight is 602 g/mol. The van der Waals surface area contributed by atoms with Crippen molar-refractivity contribution >= 4 is 29.4 Å². The number of oxazole rings is 1. The molecule has 1 aliphatic carbocycles. The summed E-state index contributed by atoms with van der Waals surface area (Å²) in [5.74, 6) is -0.677. The number of cyclic esters (lactones) is 1. The molecule has 3 heterocycles. The number of likely N-dealkylation sites (tertiary alicyclic amines) is 1. The molecule has 1 aromatic heterocycles. The van der Waals surface area contributed by atoms with Gasteiger partial charge in [-0.1, -0.05) is 12.1 Å². The van der Waals surface area contributed by atoms with Gasteiger partial charge in [-0.3, -0.25) is 19.3 Å². The predicted octanol–water partition coefficient (Wildman–Crippen LogP) is 4.38. The van der Waals surface area contributed by atoms with Crippen molar-refractivity contribution in [3.8, 4) is 5.75 Å². The third-order valence-electron chi connectivity index (χ3n) is 8.25. The van der Waals surface area contributed by atoms with Crippen LogP contribution in [0.2, 0.25) is 0 Å². The Bertz CT molecular complexity index is 1480. The maximum atomic E-state index is 13.3. The first kappa shape index (κ1) is 29.4. The van der Waals surface area contributed by atoms with E-state index in [2.05, 4.69) is 17.1 Å². The lowest BCUT2D eigenvalue weighted by Crippen LogP contribution is -2.46. The molecule has 3 aliphatic rings. The highest BCUT2D eigenvalue weighted by Gasteiger charge is 2.36. The molecule has 230 valence electrons. The maximum Gasteiger partial charge on any atom is 0.338 e. The zero-order valence-corrected chi connectivity index (χ0v) is 24.6. The lowest BCUT2D eigenvalue weighted by molar-refractivity contribution is -0.139. The summed E-state index contributed by atoms with van der Waals surface area (Å²) in [5.41, 5.74) is 2.35. The van der Waals surface area contributed by atoms with Crippen LogP contribution in [0.1, 0.15) is 71.6 Å². The topological polar surface area (TPSA) is 128 Å². The highest BCUT2D eigenvalue weighted by atomic mass is 16.5. The van der Waals surface area contributed by atoms with Gasteiger partial charge in [0.15, 0.2) is 0 Å². The Hall–Kier alpha value is -4.67. The number of piperidine rings is 1. The molecule has 2 aliphatic heterocycles. The molecule has 2 amide bonds. The number of carbonyl (C=O) groups excluding carboxylic acids is 4. The Balaban J connectivity index is 1.04. The minimum absolute atomic E-state index is 0.000841. The molecule has 3 atom stereocenters. The number of esters is 2. The number of rotatable bonds is 10. The van der Waals surface area contributed by atoms with Crippen molar-refractivity contribution < 1.29 is 37.8 Å². The van der Waals surface area contributed by atoms with E-state index in [1.165, 1.54) is 30.9 Å². The van der Waals surface area contributed by atoms with Crippen LogP contribution < -0.4 is 9.64 Å². The fourth-order valence-corrected chi connectivity index (χ4v) is 5.69. The molecule has 2 saturated heterocycles. The summed E-state index contributed by atoms with van der Waals surface area (Å²) in [6.45, 7) is 3.03. The van der Waals surface area contributed by atoms with Crippen molar-refractivity contribution in [1.82, 2.24) is 9.88 Å². The highest BCUT2D eigenvalue weighted by Crippen LogP contribution is 2.40. The van der Waals surface area contributed by atoms with E-state index in [-0.39, 0.29) is 49.4 Å². The molecule has 0 spiro atoms. The van der Waals surface area contributed by atoms with E-state index < -0.39 is 18.0 Å². The van der Waals surface area contributed by atoms with Crippen LogP contribution in [-0.2, 0) is 19.1 Å². The second kappa shape index (κ2) is 12.9. The van der Waals surface area contributed by atoms with Crippen molar-refractivity contribution in [2.45, 2.75) is 57.1 Å². The van der Waals surface area contributed by atoms with Gasteiger partial charge in [-0.05, 0) is 80.5 Å². The van der Waals surface area contributed by atoms with Gasteiger partial charge in [-0.15, -0.1) is 0 Å². The fraction of sp³-hybridized carbons (Fsp3) is 0.424. The second-order valence-electron chi connectivity index (χ2n) is 11.6. The van der Waals surface area contributed by atoms with Crippen LogP contribution in [0, 0.1) is 5.92 Å². The van der Waals surface area contributed by atoms with E-state index >= 15 is 0 Å². The summed E-state index contributed by atoms with van der Waals surface area (Å²) in [5, 5.41) is 0. The number of hydrogen-bond acceptors (Lipinski definition) is 9.